The molecule has 20 heavy (non-hydrogen) atoms. The molecule has 0 unspecified atom stereocenters. The van der Waals surface area contributed by atoms with Crippen LogP contribution in [-0.4, -0.2) is 18.6 Å². The largest absolute Gasteiger partial charge is 0.508 e. The molecule has 2 aromatic rings. The van der Waals surface area contributed by atoms with Gasteiger partial charge in [-0.1, -0.05) is 6.07 Å². The van der Waals surface area contributed by atoms with Gasteiger partial charge < -0.3 is 10.2 Å². The molecule has 0 heterocycles. The van der Waals surface area contributed by atoms with Crippen LogP contribution >= 0.6 is 0 Å². The average Bonchev–Trinajstić information content (AvgIpc) is 2.38. The molecule has 2 rings (SSSR count). The number of phenolic OH excluding ortho intramolecular Hbond substituents is 2. The van der Waals surface area contributed by atoms with E-state index in [2.05, 4.69) is 0 Å². The molecular formula is C15H16O4S. The van der Waals surface area contributed by atoms with E-state index < -0.39 is 9.84 Å². The Bertz CT molecular complexity index is 777. The third-order valence-electron chi connectivity index (χ3n) is 3.49. The van der Waals surface area contributed by atoms with Gasteiger partial charge in [-0.2, -0.15) is 0 Å². The third kappa shape index (κ3) is 2.25. The van der Waals surface area contributed by atoms with Gasteiger partial charge in [-0.15, -0.1) is 0 Å². The minimum atomic E-state index is -3.72. The lowest BCUT2D eigenvalue weighted by Crippen LogP contribution is -2.05. The molecule has 2 aromatic carbocycles. The van der Waals surface area contributed by atoms with Gasteiger partial charge in [-0.3, -0.25) is 0 Å². The zero-order valence-corrected chi connectivity index (χ0v) is 12.3. The maximum absolute atomic E-state index is 12.6. The van der Waals surface area contributed by atoms with E-state index in [0.29, 0.717) is 16.7 Å². The van der Waals surface area contributed by atoms with Crippen molar-refractivity contribution in [1.82, 2.24) is 0 Å². The molecule has 0 amide bonds. The zero-order valence-electron chi connectivity index (χ0n) is 11.5. The van der Waals surface area contributed by atoms with Crippen LogP contribution in [0.3, 0.4) is 0 Å². The average molecular weight is 292 g/mol. The minimum absolute atomic E-state index is 0.0359. The highest BCUT2D eigenvalue weighted by Gasteiger charge is 2.22. The van der Waals surface area contributed by atoms with E-state index in [-0.39, 0.29) is 21.3 Å². The van der Waals surface area contributed by atoms with Crippen molar-refractivity contribution in [1.29, 1.82) is 0 Å². The molecule has 0 saturated carbocycles. The fourth-order valence-electron chi connectivity index (χ4n) is 1.96. The van der Waals surface area contributed by atoms with Crippen LogP contribution in [0, 0.1) is 20.8 Å². The number of benzene rings is 2. The number of aryl methyl sites for hydroxylation is 1. The number of hydrogen-bond donors (Lipinski definition) is 2. The monoisotopic (exact) mass is 292 g/mol. The van der Waals surface area contributed by atoms with Crippen molar-refractivity contribution in [2.45, 2.75) is 30.6 Å². The van der Waals surface area contributed by atoms with Gasteiger partial charge in [0.15, 0.2) is 0 Å². The molecule has 0 aliphatic carbocycles. The molecule has 4 nitrogen and oxygen atoms in total. The van der Waals surface area contributed by atoms with Crippen LogP contribution in [0.5, 0.6) is 11.5 Å². The smallest absolute Gasteiger partial charge is 0.207 e. The Balaban J connectivity index is 2.67. The fourth-order valence-corrected chi connectivity index (χ4v) is 3.53. The fraction of sp³-hybridized carbons (Fsp3) is 0.200. The number of phenols is 2. The summed E-state index contributed by atoms with van der Waals surface area (Å²) in [4.78, 5) is 0.171. The van der Waals surface area contributed by atoms with Crippen molar-refractivity contribution in [2.75, 3.05) is 0 Å². The van der Waals surface area contributed by atoms with E-state index in [0.717, 1.165) is 0 Å². The van der Waals surface area contributed by atoms with E-state index in [1.54, 1.807) is 26.8 Å². The highest BCUT2D eigenvalue weighted by atomic mass is 32.2. The van der Waals surface area contributed by atoms with Crippen LogP contribution in [0.4, 0.5) is 0 Å². The van der Waals surface area contributed by atoms with Gasteiger partial charge in [-0.05, 0) is 61.7 Å². The first-order valence-corrected chi connectivity index (χ1v) is 7.57. The lowest BCUT2D eigenvalue weighted by atomic mass is 10.1. The summed E-state index contributed by atoms with van der Waals surface area (Å²) in [6.07, 6.45) is 0. The van der Waals surface area contributed by atoms with Crippen molar-refractivity contribution in [3.8, 4) is 11.5 Å². The molecule has 0 fully saturated rings. The Labute approximate surface area is 118 Å². The van der Waals surface area contributed by atoms with Crippen molar-refractivity contribution >= 4 is 9.84 Å². The maximum atomic E-state index is 12.6. The van der Waals surface area contributed by atoms with Gasteiger partial charge >= 0.3 is 0 Å². The van der Waals surface area contributed by atoms with Crippen LogP contribution < -0.4 is 0 Å². The highest BCUT2D eigenvalue weighted by Crippen LogP contribution is 2.31. The van der Waals surface area contributed by atoms with E-state index >= 15 is 0 Å². The molecule has 0 radical (unpaired) electrons. The molecule has 0 atom stereocenters. The molecule has 2 N–H and O–H groups in total. The predicted octanol–water partition coefficient (Wildman–Crippen LogP) is 2.86. The Morgan fingerprint density at radius 3 is 2.10 bits per heavy atom. The van der Waals surface area contributed by atoms with Crippen molar-refractivity contribution in [3.63, 3.8) is 0 Å². The molecule has 0 spiro atoms. The van der Waals surface area contributed by atoms with E-state index in [9.17, 15) is 18.6 Å². The van der Waals surface area contributed by atoms with Crippen LogP contribution in [0.25, 0.3) is 0 Å². The van der Waals surface area contributed by atoms with Crippen LogP contribution in [0.1, 0.15) is 16.7 Å². The summed E-state index contributed by atoms with van der Waals surface area (Å²) in [7, 11) is -3.72. The summed E-state index contributed by atoms with van der Waals surface area (Å²) in [5.74, 6) is 0.00688. The molecule has 0 aliphatic rings. The van der Waals surface area contributed by atoms with Crippen molar-refractivity contribution in [3.05, 3.63) is 47.0 Å². The zero-order chi connectivity index (χ0) is 15.1. The third-order valence-corrected chi connectivity index (χ3v) is 5.39. The van der Waals surface area contributed by atoms with E-state index in [4.69, 9.17) is 0 Å². The second kappa shape index (κ2) is 4.83. The van der Waals surface area contributed by atoms with Gasteiger partial charge in [0.1, 0.15) is 11.5 Å². The predicted molar refractivity (Wildman–Crippen MR) is 75.9 cm³/mol. The molecule has 0 bridgehead atoms. The second-order valence-electron chi connectivity index (χ2n) is 4.78. The van der Waals surface area contributed by atoms with Crippen LogP contribution in [0.15, 0.2) is 40.1 Å². The Morgan fingerprint density at radius 1 is 0.850 bits per heavy atom. The highest BCUT2D eigenvalue weighted by molar-refractivity contribution is 7.91. The van der Waals surface area contributed by atoms with Gasteiger partial charge in [0.25, 0.3) is 0 Å². The summed E-state index contributed by atoms with van der Waals surface area (Å²) >= 11 is 0. The normalized spacial score (nSPS) is 11.6. The summed E-state index contributed by atoms with van der Waals surface area (Å²) in [5, 5.41) is 19.3. The lowest BCUT2D eigenvalue weighted by molar-refractivity contribution is 0.468. The summed E-state index contributed by atoms with van der Waals surface area (Å²) in [6, 6.07) is 7.01. The topological polar surface area (TPSA) is 74.6 Å². The second-order valence-corrected chi connectivity index (χ2v) is 6.70. The Morgan fingerprint density at radius 2 is 1.50 bits per heavy atom. The van der Waals surface area contributed by atoms with Crippen LogP contribution in [0.2, 0.25) is 0 Å². The van der Waals surface area contributed by atoms with Gasteiger partial charge in [-0.25, -0.2) is 8.42 Å². The van der Waals surface area contributed by atoms with Gasteiger partial charge in [0.2, 0.25) is 9.84 Å². The summed E-state index contributed by atoms with van der Waals surface area (Å²) < 4.78 is 25.2. The summed E-state index contributed by atoms with van der Waals surface area (Å²) in [6.45, 7) is 5.01. The number of sulfone groups is 1. The van der Waals surface area contributed by atoms with Crippen molar-refractivity contribution in [2.24, 2.45) is 0 Å². The van der Waals surface area contributed by atoms with E-state index in [1.165, 1.54) is 24.3 Å². The molecule has 0 aliphatic heterocycles. The quantitative estimate of drug-likeness (QED) is 0.892. The molecular weight excluding hydrogens is 276 g/mol. The first kappa shape index (κ1) is 14.4. The van der Waals surface area contributed by atoms with E-state index in [1.807, 2.05) is 0 Å². The number of hydrogen-bond acceptors (Lipinski definition) is 4. The lowest BCUT2D eigenvalue weighted by Gasteiger charge is -2.12. The van der Waals surface area contributed by atoms with Crippen LogP contribution in [-0.2, 0) is 9.84 Å². The van der Waals surface area contributed by atoms with Gasteiger partial charge in [0.05, 0.1) is 9.79 Å². The first-order chi connectivity index (χ1) is 9.25. The standard InChI is InChI=1S/C15H16O4S/c1-9-4-5-12(8-14(9)17)20(18,19)15-7-6-13(16)10(2)11(15)3/h4-8,16-17H,1-3H3. The van der Waals surface area contributed by atoms with Crippen molar-refractivity contribution < 1.29 is 18.6 Å². The minimum Gasteiger partial charge on any atom is -0.508 e. The van der Waals surface area contributed by atoms with Gasteiger partial charge in [0, 0.05) is 0 Å². The molecule has 0 aromatic heterocycles. The molecule has 106 valence electrons. The maximum Gasteiger partial charge on any atom is 0.207 e. The SMILES string of the molecule is Cc1ccc(S(=O)(=O)c2ccc(O)c(C)c2C)cc1O. The molecule has 5 heteroatoms. The Hall–Kier alpha value is -2.01. The summed E-state index contributed by atoms with van der Waals surface area (Å²) in [5.41, 5.74) is 1.65. The first-order valence-electron chi connectivity index (χ1n) is 6.09. The molecule has 0 saturated heterocycles. The Kier molecular flexibility index (Phi) is 3.48. The number of rotatable bonds is 2. The number of aromatic hydroxyl groups is 2.